The van der Waals surface area contributed by atoms with Crippen molar-refractivity contribution in [1.29, 1.82) is 0 Å². The molecule has 26 heavy (non-hydrogen) atoms. The highest BCUT2D eigenvalue weighted by molar-refractivity contribution is 5.75. The second-order valence-electron chi connectivity index (χ2n) is 6.64. The molecule has 0 radical (unpaired) electrons. The Morgan fingerprint density at radius 3 is 2.69 bits per heavy atom. The Labute approximate surface area is 154 Å². The van der Waals surface area contributed by atoms with E-state index in [1.165, 1.54) is 0 Å². The minimum atomic E-state index is -0.394. The van der Waals surface area contributed by atoms with Crippen LogP contribution in [0.4, 0.5) is 0 Å². The average Bonchev–Trinajstić information content (AvgIpc) is 2.68. The molecule has 1 aliphatic heterocycles. The molecule has 1 saturated heterocycles. The van der Waals surface area contributed by atoms with Crippen LogP contribution in [0.2, 0.25) is 0 Å². The second-order valence-corrected chi connectivity index (χ2v) is 6.64. The molecular formula is C20H25N3O3. The van der Waals surface area contributed by atoms with Crippen molar-refractivity contribution in [2.75, 3.05) is 13.2 Å². The zero-order valence-corrected chi connectivity index (χ0v) is 15.1. The van der Waals surface area contributed by atoms with Gasteiger partial charge in [0.2, 0.25) is 5.91 Å². The van der Waals surface area contributed by atoms with Gasteiger partial charge in [-0.2, -0.15) is 0 Å². The normalized spacial score (nSPS) is 19.7. The molecule has 1 aromatic heterocycles. The standard InChI is InChI=1S/C20H25N3O3/c1-20(10-5-6-11-26-20)19-22-14-16(15-23-19)13-21-18(24)9-12-25-17-7-3-2-4-8-17/h2-4,7-8,14-15H,5-6,9-13H2,1H3,(H,21,24). The maximum Gasteiger partial charge on any atom is 0.223 e. The summed E-state index contributed by atoms with van der Waals surface area (Å²) in [6.45, 7) is 3.54. The van der Waals surface area contributed by atoms with Crippen molar-refractivity contribution in [2.24, 2.45) is 0 Å². The highest BCUT2D eigenvalue weighted by Gasteiger charge is 2.32. The fraction of sp³-hybridized carbons (Fsp3) is 0.450. The van der Waals surface area contributed by atoms with E-state index >= 15 is 0 Å². The van der Waals surface area contributed by atoms with Crippen LogP contribution in [0.3, 0.4) is 0 Å². The fourth-order valence-corrected chi connectivity index (χ4v) is 2.90. The van der Waals surface area contributed by atoms with E-state index in [1.807, 2.05) is 37.3 Å². The molecule has 1 aromatic carbocycles. The molecule has 2 aromatic rings. The molecule has 1 aliphatic rings. The third kappa shape index (κ3) is 5.02. The molecule has 0 aliphatic carbocycles. The Kier molecular flexibility index (Phi) is 6.17. The van der Waals surface area contributed by atoms with Crippen molar-refractivity contribution in [2.45, 2.75) is 44.8 Å². The van der Waals surface area contributed by atoms with Gasteiger partial charge in [0.25, 0.3) is 0 Å². The average molecular weight is 355 g/mol. The van der Waals surface area contributed by atoms with Crippen molar-refractivity contribution in [3.8, 4) is 5.75 Å². The number of carbonyl (C=O) groups excluding carboxylic acids is 1. The molecule has 1 amide bonds. The number of para-hydroxylation sites is 1. The SMILES string of the molecule is CC1(c2ncc(CNC(=O)CCOc3ccccc3)cn2)CCCCO1. The zero-order valence-electron chi connectivity index (χ0n) is 15.1. The first kappa shape index (κ1) is 18.3. The summed E-state index contributed by atoms with van der Waals surface area (Å²) in [6, 6.07) is 9.46. The van der Waals surface area contributed by atoms with Gasteiger partial charge in [-0.1, -0.05) is 18.2 Å². The van der Waals surface area contributed by atoms with E-state index < -0.39 is 5.60 Å². The Balaban J connectivity index is 1.42. The Bertz CT molecular complexity index is 698. The van der Waals surface area contributed by atoms with Gasteiger partial charge in [-0.05, 0) is 38.3 Å². The first-order valence-corrected chi connectivity index (χ1v) is 9.06. The van der Waals surface area contributed by atoms with Crippen LogP contribution in [0.15, 0.2) is 42.7 Å². The molecule has 0 bridgehead atoms. The number of hydrogen-bond acceptors (Lipinski definition) is 5. The topological polar surface area (TPSA) is 73.3 Å². The number of nitrogens with one attached hydrogen (secondary N) is 1. The first-order chi connectivity index (χ1) is 12.7. The van der Waals surface area contributed by atoms with Gasteiger partial charge in [0.15, 0.2) is 5.82 Å². The Morgan fingerprint density at radius 1 is 1.23 bits per heavy atom. The molecule has 2 heterocycles. The van der Waals surface area contributed by atoms with E-state index in [0.29, 0.717) is 25.4 Å². The van der Waals surface area contributed by atoms with Crippen molar-refractivity contribution in [3.63, 3.8) is 0 Å². The Morgan fingerprint density at radius 2 is 2.00 bits per heavy atom. The van der Waals surface area contributed by atoms with Crippen molar-refractivity contribution < 1.29 is 14.3 Å². The van der Waals surface area contributed by atoms with Gasteiger partial charge in [0.05, 0.1) is 13.0 Å². The molecule has 1 N–H and O–H groups in total. The second kappa shape index (κ2) is 8.76. The maximum atomic E-state index is 11.9. The van der Waals surface area contributed by atoms with E-state index in [2.05, 4.69) is 15.3 Å². The van der Waals surface area contributed by atoms with Crippen LogP contribution < -0.4 is 10.1 Å². The summed E-state index contributed by atoms with van der Waals surface area (Å²) in [5, 5.41) is 2.86. The summed E-state index contributed by atoms with van der Waals surface area (Å²) in [4.78, 5) is 20.8. The van der Waals surface area contributed by atoms with Crippen LogP contribution in [-0.2, 0) is 21.7 Å². The lowest BCUT2D eigenvalue weighted by Crippen LogP contribution is -2.32. The number of ether oxygens (including phenoxy) is 2. The molecule has 1 fully saturated rings. The van der Waals surface area contributed by atoms with Crippen LogP contribution in [0.1, 0.15) is 44.0 Å². The minimum Gasteiger partial charge on any atom is -0.493 e. The lowest BCUT2D eigenvalue weighted by molar-refractivity contribution is -0.121. The summed E-state index contributed by atoms with van der Waals surface area (Å²) in [7, 11) is 0. The van der Waals surface area contributed by atoms with Gasteiger partial charge in [-0.25, -0.2) is 9.97 Å². The largest absolute Gasteiger partial charge is 0.493 e. The van der Waals surface area contributed by atoms with Crippen molar-refractivity contribution in [1.82, 2.24) is 15.3 Å². The van der Waals surface area contributed by atoms with Gasteiger partial charge < -0.3 is 14.8 Å². The number of hydrogen-bond donors (Lipinski definition) is 1. The quantitative estimate of drug-likeness (QED) is 0.826. The molecule has 1 atom stereocenters. The molecule has 6 nitrogen and oxygen atoms in total. The summed E-state index contributed by atoms with van der Waals surface area (Å²) in [6.07, 6.45) is 6.97. The predicted molar refractivity (Wildman–Crippen MR) is 97.6 cm³/mol. The highest BCUT2D eigenvalue weighted by atomic mass is 16.5. The molecule has 3 rings (SSSR count). The molecular weight excluding hydrogens is 330 g/mol. The summed E-state index contributed by atoms with van der Waals surface area (Å²) in [5.74, 6) is 1.42. The lowest BCUT2D eigenvalue weighted by Gasteiger charge is -2.32. The van der Waals surface area contributed by atoms with Crippen LogP contribution in [-0.4, -0.2) is 29.1 Å². The van der Waals surface area contributed by atoms with Crippen LogP contribution in [0.5, 0.6) is 5.75 Å². The van der Waals surface area contributed by atoms with Gasteiger partial charge >= 0.3 is 0 Å². The van der Waals surface area contributed by atoms with Crippen LogP contribution in [0.25, 0.3) is 0 Å². The Hall–Kier alpha value is -2.47. The van der Waals surface area contributed by atoms with Gasteiger partial charge in [0.1, 0.15) is 11.4 Å². The van der Waals surface area contributed by atoms with Gasteiger partial charge in [-0.15, -0.1) is 0 Å². The van der Waals surface area contributed by atoms with E-state index in [9.17, 15) is 4.79 Å². The number of rotatable bonds is 7. The third-order valence-electron chi connectivity index (χ3n) is 4.48. The molecule has 0 spiro atoms. The van der Waals surface area contributed by atoms with Gasteiger partial charge in [-0.3, -0.25) is 4.79 Å². The third-order valence-corrected chi connectivity index (χ3v) is 4.48. The van der Waals surface area contributed by atoms with Gasteiger partial charge in [0, 0.05) is 31.1 Å². The minimum absolute atomic E-state index is 0.0624. The molecule has 138 valence electrons. The zero-order chi connectivity index (χ0) is 18.2. The van der Waals surface area contributed by atoms with Crippen LogP contribution in [0, 0.1) is 0 Å². The smallest absolute Gasteiger partial charge is 0.223 e. The lowest BCUT2D eigenvalue weighted by atomic mass is 9.95. The predicted octanol–water partition coefficient (Wildman–Crippen LogP) is 2.98. The fourth-order valence-electron chi connectivity index (χ4n) is 2.90. The first-order valence-electron chi connectivity index (χ1n) is 9.06. The number of nitrogens with zero attached hydrogens (tertiary/aromatic N) is 2. The molecule has 0 saturated carbocycles. The highest BCUT2D eigenvalue weighted by Crippen LogP contribution is 2.32. The maximum absolute atomic E-state index is 11.9. The number of benzene rings is 1. The van der Waals surface area contributed by atoms with E-state index in [4.69, 9.17) is 9.47 Å². The van der Waals surface area contributed by atoms with E-state index in [0.717, 1.165) is 37.2 Å². The summed E-state index contributed by atoms with van der Waals surface area (Å²) < 4.78 is 11.4. The number of aromatic nitrogens is 2. The summed E-state index contributed by atoms with van der Waals surface area (Å²) in [5.41, 5.74) is 0.472. The van der Waals surface area contributed by atoms with Crippen molar-refractivity contribution >= 4 is 5.91 Å². The number of amides is 1. The molecule has 6 heteroatoms. The van der Waals surface area contributed by atoms with E-state index in [-0.39, 0.29) is 5.91 Å². The van der Waals surface area contributed by atoms with Crippen LogP contribution >= 0.6 is 0 Å². The van der Waals surface area contributed by atoms with Crippen molar-refractivity contribution in [3.05, 3.63) is 54.1 Å². The number of carbonyl (C=O) groups is 1. The monoisotopic (exact) mass is 355 g/mol. The molecule has 1 unspecified atom stereocenters. The summed E-state index contributed by atoms with van der Waals surface area (Å²) >= 11 is 0. The van der Waals surface area contributed by atoms with E-state index in [1.54, 1.807) is 12.4 Å².